The molecule has 1 heterocycles. The molecule has 30 heavy (non-hydrogen) atoms. The summed E-state index contributed by atoms with van der Waals surface area (Å²) in [7, 11) is 0. The summed E-state index contributed by atoms with van der Waals surface area (Å²) < 4.78 is 13.0. The molecule has 0 saturated heterocycles. The number of carbonyl (C=O) groups excluding carboxylic acids is 1. The molecule has 2 aromatic carbocycles. The molecule has 0 saturated carbocycles. The number of nitrogens with one attached hydrogen (secondary N) is 1. The van der Waals surface area contributed by atoms with Crippen molar-refractivity contribution in [1.29, 1.82) is 0 Å². The molecule has 3 aromatic rings. The number of rotatable bonds is 9. The minimum Gasteiger partial charge on any atom is -0.490 e. The molecule has 1 aromatic heterocycles. The maximum atomic E-state index is 12.6. The van der Waals surface area contributed by atoms with Crippen LogP contribution in [-0.2, 0) is 6.54 Å². The topological polar surface area (TPSA) is 65.4 Å². The van der Waals surface area contributed by atoms with Gasteiger partial charge < -0.3 is 14.8 Å². The summed E-state index contributed by atoms with van der Waals surface area (Å²) in [4.78, 5) is 13.6. The van der Waals surface area contributed by atoms with Gasteiger partial charge in [-0.15, -0.1) is 11.8 Å². The van der Waals surface area contributed by atoms with E-state index in [2.05, 4.69) is 10.4 Å². The molecule has 0 atom stereocenters. The zero-order valence-corrected chi connectivity index (χ0v) is 18.7. The van der Waals surface area contributed by atoms with Crippen molar-refractivity contribution in [2.75, 3.05) is 24.8 Å². The third-order valence-electron chi connectivity index (χ3n) is 4.26. The molecule has 0 fully saturated rings. The zero-order valence-electron chi connectivity index (χ0n) is 17.1. The van der Waals surface area contributed by atoms with Gasteiger partial charge in [-0.3, -0.25) is 9.48 Å². The van der Waals surface area contributed by atoms with Gasteiger partial charge in [-0.05, 0) is 56.0 Å². The van der Waals surface area contributed by atoms with Gasteiger partial charge in [0.15, 0.2) is 11.5 Å². The minimum absolute atomic E-state index is 0.268. The summed E-state index contributed by atoms with van der Waals surface area (Å²) in [5.41, 5.74) is 2.05. The average molecular weight is 446 g/mol. The maximum Gasteiger partial charge on any atom is 0.257 e. The van der Waals surface area contributed by atoms with Crippen molar-refractivity contribution in [3.05, 3.63) is 64.9 Å². The number of nitrogens with zero attached hydrogens (tertiary/aromatic N) is 2. The van der Waals surface area contributed by atoms with Gasteiger partial charge in [-0.2, -0.15) is 5.10 Å². The molecular weight excluding hydrogens is 422 g/mol. The molecule has 158 valence electrons. The van der Waals surface area contributed by atoms with Crippen molar-refractivity contribution < 1.29 is 14.3 Å². The second-order valence-corrected chi connectivity index (χ2v) is 7.66. The van der Waals surface area contributed by atoms with Crippen LogP contribution in [-0.4, -0.2) is 35.2 Å². The Balaban J connectivity index is 1.71. The highest BCUT2D eigenvalue weighted by atomic mass is 35.5. The number of halogens is 1. The van der Waals surface area contributed by atoms with Crippen molar-refractivity contribution in [3.8, 4) is 11.5 Å². The Labute approximate surface area is 185 Å². The minimum atomic E-state index is -0.268. The standard InChI is InChI=1S/C22H24ClN3O3S/c1-4-28-20-9-6-15(10-21(20)29-5-2)13-26-14-16(12-24-26)25-22(27)18-11-17(30-3)7-8-19(18)23/h6-12,14H,4-5,13H2,1-3H3,(H,25,27). The average Bonchev–Trinajstić information content (AvgIpc) is 3.17. The lowest BCUT2D eigenvalue weighted by molar-refractivity contribution is 0.102. The SMILES string of the molecule is CCOc1ccc(Cn2cc(NC(=O)c3cc(SC)ccc3Cl)cn2)cc1OCC. The van der Waals surface area contributed by atoms with E-state index < -0.39 is 0 Å². The summed E-state index contributed by atoms with van der Waals surface area (Å²) in [6.45, 7) is 5.54. The second kappa shape index (κ2) is 10.4. The van der Waals surface area contributed by atoms with Crippen LogP contribution in [0.25, 0.3) is 0 Å². The van der Waals surface area contributed by atoms with Gasteiger partial charge in [0, 0.05) is 11.1 Å². The Morgan fingerprint density at radius 3 is 2.63 bits per heavy atom. The number of hydrogen-bond donors (Lipinski definition) is 1. The van der Waals surface area contributed by atoms with Crippen molar-refractivity contribution in [2.45, 2.75) is 25.3 Å². The quantitative estimate of drug-likeness (QED) is 0.449. The summed E-state index contributed by atoms with van der Waals surface area (Å²) in [5, 5.41) is 7.61. The fraction of sp³-hybridized carbons (Fsp3) is 0.273. The van der Waals surface area contributed by atoms with Gasteiger partial charge in [0.2, 0.25) is 0 Å². The fourth-order valence-electron chi connectivity index (χ4n) is 2.90. The molecule has 1 amide bonds. The molecule has 0 radical (unpaired) electrons. The first-order valence-corrected chi connectivity index (χ1v) is 11.2. The smallest absolute Gasteiger partial charge is 0.257 e. The van der Waals surface area contributed by atoms with Gasteiger partial charge in [-0.25, -0.2) is 0 Å². The Morgan fingerprint density at radius 2 is 1.90 bits per heavy atom. The van der Waals surface area contributed by atoms with Crippen molar-refractivity contribution in [3.63, 3.8) is 0 Å². The van der Waals surface area contributed by atoms with Crippen LogP contribution < -0.4 is 14.8 Å². The monoisotopic (exact) mass is 445 g/mol. The highest BCUT2D eigenvalue weighted by Crippen LogP contribution is 2.29. The van der Waals surface area contributed by atoms with E-state index in [0.29, 0.717) is 41.8 Å². The first kappa shape index (κ1) is 22.1. The number of amides is 1. The lowest BCUT2D eigenvalue weighted by atomic mass is 10.2. The number of hydrogen-bond acceptors (Lipinski definition) is 5. The Hall–Kier alpha value is -2.64. The summed E-state index contributed by atoms with van der Waals surface area (Å²) >= 11 is 7.74. The Bertz CT molecular complexity index is 1020. The van der Waals surface area contributed by atoms with Gasteiger partial charge >= 0.3 is 0 Å². The fourth-order valence-corrected chi connectivity index (χ4v) is 3.54. The van der Waals surface area contributed by atoms with Crippen LogP contribution in [0.4, 0.5) is 5.69 Å². The summed E-state index contributed by atoms with van der Waals surface area (Å²) in [6.07, 6.45) is 5.34. The van der Waals surface area contributed by atoms with E-state index in [1.165, 1.54) is 0 Å². The van der Waals surface area contributed by atoms with Crippen LogP contribution in [0.3, 0.4) is 0 Å². The zero-order chi connectivity index (χ0) is 21.5. The number of benzene rings is 2. The number of thioether (sulfide) groups is 1. The van der Waals surface area contributed by atoms with E-state index in [9.17, 15) is 4.79 Å². The van der Waals surface area contributed by atoms with E-state index in [1.54, 1.807) is 41.0 Å². The molecule has 0 spiro atoms. The van der Waals surface area contributed by atoms with Crippen LogP contribution in [0.1, 0.15) is 29.8 Å². The number of carbonyl (C=O) groups is 1. The van der Waals surface area contributed by atoms with Crippen LogP contribution in [0.5, 0.6) is 11.5 Å². The molecule has 0 aliphatic heterocycles. The summed E-state index contributed by atoms with van der Waals surface area (Å²) in [6, 6.07) is 11.2. The second-order valence-electron chi connectivity index (χ2n) is 6.37. The van der Waals surface area contributed by atoms with E-state index >= 15 is 0 Å². The van der Waals surface area contributed by atoms with Gasteiger partial charge in [0.1, 0.15) is 0 Å². The first-order valence-electron chi connectivity index (χ1n) is 9.59. The van der Waals surface area contributed by atoms with E-state index in [4.69, 9.17) is 21.1 Å². The highest BCUT2D eigenvalue weighted by Gasteiger charge is 2.13. The predicted molar refractivity (Wildman–Crippen MR) is 121 cm³/mol. The number of anilines is 1. The van der Waals surface area contributed by atoms with E-state index in [1.807, 2.05) is 44.4 Å². The van der Waals surface area contributed by atoms with Crippen molar-refractivity contribution in [2.24, 2.45) is 0 Å². The predicted octanol–water partition coefficient (Wildman–Crippen LogP) is 5.36. The number of ether oxygens (including phenoxy) is 2. The van der Waals surface area contributed by atoms with Crippen LogP contribution in [0.2, 0.25) is 5.02 Å². The van der Waals surface area contributed by atoms with Crippen LogP contribution in [0.15, 0.2) is 53.7 Å². The summed E-state index contributed by atoms with van der Waals surface area (Å²) in [5.74, 6) is 1.16. The van der Waals surface area contributed by atoms with Crippen molar-refractivity contribution in [1.82, 2.24) is 9.78 Å². The maximum absolute atomic E-state index is 12.6. The Morgan fingerprint density at radius 1 is 1.13 bits per heavy atom. The highest BCUT2D eigenvalue weighted by molar-refractivity contribution is 7.98. The molecule has 6 nitrogen and oxygen atoms in total. The first-order chi connectivity index (χ1) is 14.5. The number of aromatic nitrogens is 2. The van der Waals surface area contributed by atoms with Gasteiger partial charge in [-0.1, -0.05) is 17.7 Å². The molecule has 8 heteroatoms. The molecule has 0 aliphatic carbocycles. The van der Waals surface area contributed by atoms with Gasteiger partial charge in [0.05, 0.1) is 42.2 Å². The Kier molecular flexibility index (Phi) is 7.65. The lowest BCUT2D eigenvalue weighted by Gasteiger charge is -2.12. The molecule has 3 rings (SSSR count). The molecular formula is C22H24ClN3O3S. The largest absolute Gasteiger partial charge is 0.490 e. The van der Waals surface area contributed by atoms with Crippen LogP contribution in [0, 0.1) is 0 Å². The normalized spacial score (nSPS) is 10.7. The molecule has 0 unspecified atom stereocenters. The molecule has 0 bridgehead atoms. The van der Waals surface area contributed by atoms with Gasteiger partial charge in [0.25, 0.3) is 5.91 Å². The van der Waals surface area contributed by atoms with Crippen molar-refractivity contribution >= 4 is 35.0 Å². The lowest BCUT2D eigenvalue weighted by Crippen LogP contribution is -2.12. The molecule has 0 aliphatic rings. The third kappa shape index (κ3) is 5.49. The third-order valence-corrected chi connectivity index (χ3v) is 5.32. The van der Waals surface area contributed by atoms with Crippen LogP contribution >= 0.6 is 23.4 Å². The molecule has 1 N–H and O–H groups in total. The van der Waals surface area contributed by atoms with E-state index in [0.717, 1.165) is 16.2 Å². The van der Waals surface area contributed by atoms with E-state index in [-0.39, 0.29) is 5.91 Å².